The van der Waals surface area contributed by atoms with Crippen LogP contribution in [0.5, 0.6) is 0 Å². The minimum Gasteiger partial charge on any atom is -0.385 e. The Morgan fingerprint density at radius 2 is 2.17 bits per heavy atom. The molecule has 18 heavy (non-hydrogen) atoms. The summed E-state index contributed by atoms with van der Waals surface area (Å²) in [6.45, 7) is 2.16. The monoisotopic (exact) mass is 260 g/mol. The van der Waals surface area contributed by atoms with E-state index in [1.165, 1.54) is 7.11 Å². The molecule has 0 aromatic heterocycles. The predicted octanol–water partition coefficient (Wildman–Crippen LogP) is 2.71. The zero-order valence-electron chi connectivity index (χ0n) is 10.1. The van der Waals surface area contributed by atoms with Gasteiger partial charge in [-0.2, -0.15) is 0 Å². The third-order valence-corrected chi connectivity index (χ3v) is 2.38. The number of rotatable bonds is 6. The summed E-state index contributed by atoms with van der Waals surface area (Å²) in [5.41, 5.74) is -0.915. The molecule has 0 aliphatic carbocycles. The van der Waals surface area contributed by atoms with Crippen molar-refractivity contribution in [1.82, 2.24) is 0 Å². The topological polar surface area (TPSA) is 64.4 Å². The van der Waals surface area contributed by atoms with Crippen LogP contribution >= 0.6 is 0 Å². The molecule has 0 heterocycles. The lowest BCUT2D eigenvalue weighted by Gasteiger charge is -2.15. The molecule has 0 saturated carbocycles. The standard InChI is InChI=1S/C11H14F2N2O3/c1-7(3-4-18-2)14-11-9(13)5-8(12)6-10(11)15(16)17/h5-7,14H,3-4H2,1-2H3. The van der Waals surface area contributed by atoms with Crippen molar-refractivity contribution < 1.29 is 18.4 Å². The molecule has 7 heteroatoms. The first-order valence-electron chi connectivity index (χ1n) is 5.34. The van der Waals surface area contributed by atoms with Gasteiger partial charge in [0.15, 0.2) is 5.82 Å². The van der Waals surface area contributed by atoms with Crippen LogP contribution in [0.2, 0.25) is 0 Å². The molecule has 0 spiro atoms. The first-order chi connectivity index (χ1) is 8.45. The van der Waals surface area contributed by atoms with Crippen LogP contribution in [-0.2, 0) is 4.74 Å². The third kappa shape index (κ3) is 3.63. The maximum absolute atomic E-state index is 13.5. The van der Waals surface area contributed by atoms with Crippen molar-refractivity contribution in [3.05, 3.63) is 33.9 Å². The molecule has 1 rings (SSSR count). The molecule has 0 aliphatic heterocycles. The number of nitrogens with one attached hydrogen (secondary N) is 1. The second-order valence-corrected chi connectivity index (χ2v) is 3.87. The molecular formula is C11H14F2N2O3. The van der Waals surface area contributed by atoms with Gasteiger partial charge in [-0.25, -0.2) is 8.78 Å². The van der Waals surface area contributed by atoms with Gasteiger partial charge in [-0.05, 0) is 13.3 Å². The summed E-state index contributed by atoms with van der Waals surface area (Å²) in [4.78, 5) is 9.91. The van der Waals surface area contributed by atoms with Crippen molar-refractivity contribution in [2.24, 2.45) is 0 Å². The van der Waals surface area contributed by atoms with Gasteiger partial charge in [0.2, 0.25) is 0 Å². The zero-order valence-corrected chi connectivity index (χ0v) is 10.1. The molecule has 5 nitrogen and oxygen atoms in total. The number of anilines is 1. The van der Waals surface area contributed by atoms with E-state index in [-0.39, 0.29) is 11.7 Å². The maximum Gasteiger partial charge on any atom is 0.298 e. The van der Waals surface area contributed by atoms with Crippen LogP contribution in [0.25, 0.3) is 0 Å². The SMILES string of the molecule is COCCC(C)Nc1c(F)cc(F)cc1[N+](=O)[O-]. The van der Waals surface area contributed by atoms with Crippen LogP contribution in [0.4, 0.5) is 20.2 Å². The van der Waals surface area contributed by atoms with Gasteiger partial charge in [0, 0.05) is 25.8 Å². The molecule has 100 valence electrons. The van der Waals surface area contributed by atoms with Gasteiger partial charge in [-0.15, -0.1) is 0 Å². The van der Waals surface area contributed by atoms with E-state index in [4.69, 9.17) is 4.74 Å². The number of nitro benzene ring substituents is 1. The van der Waals surface area contributed by atoms with Crippen LogP contribution in [0.3, 0.4) is 0 Å². The average molecular weight is 260 g/mol. The van der Waals surface area contributed by atoms with Gasteiger partial charge in [0.1, 0.15) is 11.5 Å². The second-order valence-electron chi connectivity index (χ2n) is 3.87. The van der Waals surface area contributed by atoms with E-state index in [1.54, 1.807) is 6.92 Å². The van der Waals surface area contributed by atoms with Crippen molar-refractivity contribution in [2.45, 2.75) is 19.4 Å². The smallest absolute Gasteiger partial charge is 0.298 e. The minimum atomic E-state index is -0.981. The Morgan fingerprint density at radius 1 is 1.50 bits per heavy atom. The largest absolute Gasteiger partial charge is 0.385 e. The van der Waals surface area contributed by atoms with E-state index in [1.807, 2.05) is 0 Å². The van der Waals surface area contributed by atoms with Crippen LogP contribution < -0.4 is 5.32 Å². The molecule has 0 amide bonds. The zero-order chi connectivity index (χ0) is 13.7. The number of benzene rings is 1. The van der Waals surface area contributed by atoms with E-state index in [9.17, 15) is 18.9 Å². The summed E-state index contributed by atoms with van der Waals surface area (Å²) in [7, 11) is 1.52. The summed E-state index contributed by atoms with van der Waals surface area (Å²) >= 11 is 0. The fourth-order valence-corrected chi connectivity index (χ4v) is 1.46. The number of nitro groups is 1. The predicted molar refractivity (Wildman–Crippen MR) is 62.6 cm³/mol. The molecule has 0 fully saturated rings. The first kappa shape index (κ1) is 14.3. The lowest BCUT2D eigenvalue weighted by Crippen LogP contribution is -2.19. The fourth-order valence-electron chi connectivity index (χ4n) is 1.46. The molecule has 0 radical (unpaired) electrons. The minimum absolute atomic E-state index is 0.233. The number of hydrogen-bond acceptors (Lipinski definition) is 4. The highest BCUT2D eigenvalue weighted by atomic mass is 19.1. The summed E-state index contributed by atoms with van der Waals surface area (Å²) in [6.07, 6.45) is 0.546. The Kier molecular flexibility index (Phi) is 4.96. The fraction of sp³-hybridized carbons (Fsp3) is 0.455. The number of hydrogen-bond donors (Lipinski definition) is 1. The Balaban J connectivity index is 2.96. The van der Waals surface area contributed by atoms with Crippen molar-refractivity contribution >= 4 is 11.4 Å². The lowest BCUT2D eigenvalue weighted by atomic mass is 10.2. The highest BCUT2D eigenvalue weighted by Gasteiger charge is 2.21. The van der Waals surface area contributed by atoms with E-state index >= 15 is 0 Å². The van der Waals surface area contributed by atoms with Gasteiger partial charge in [0.05, 0.1) is 11.0 Å². The van der Waals surface area contributed by atoms with Crippen molar-refractivity contribution in [1.29, 1.82) is 0 Å². The molecule has 1 atom stereocenters. The Labute approximate surface area is 103 Å². The molecule has 0 saturated heterocycles. The molecule has 1 aromatic carbocycles. The summed E-state index contributed by atoms with van der Waals surface area (Å²) < 4.78 is 31.3. The van der Waals surface area contributed by atoms with Crippen LogP contribution in [-0.4, -0.2) is 24.7 Å². The number of halogens is 2. The molecule has 1 aromatic rings. The lowest BCUT2D eigenvalue weighted by molar-refractivity contribution is -0.384. The van der Waals surface area contributed by atoms with Crippen LogP contribution in [0.1, 0.15) is 13.3 Å². The van der Waals surface area contributed by atoms with E-state index in [0.717, 1.165) is 0 Å². The van der Waals surface area contributed by atoms with Crippen molar-refractivity contribution in [3.8, 4) is 0 Å². The number of methoxy groups -OCH3 is 1. The normalized spacial score (nSPS) is 12.2. The highest BCUT2D eigenvalue weighted by Crippen LogP contribution is 2.29. The highest BCUT2D eigenvalue weighted by molar-refractivity contribution is 5.62. The Bertz CT molecular complexity index is 441. The van der Waals surface area contributed by atoms with Gasteiger partial charge in [0.25, 0.3) is 5.69 Å². The van der Waals surface area contributed by atoms with Gasteiger partial charge >= 0.3 is 0 Å². The molecule has 0 bridgehead atoms. The third-order valence-electron chi connectivity index (χ3n) is 2.38. The van der Waals surface area contributed by atoms with Crippen LogP contribution in [0.15, 0.2) is 12.1 Å². The van der Waals surface area contributed by atoms with E-state index in [0.29, 0.717) is 25.2 Å². The summed E-state index contributed by atoms with van der Waals surface area (Å²) in [5.74, 6) is -1.96. The van der Waals surface area contributed by atoms with Crippen molar-refractivity contribution in [2.75, 3.05) is 19.0 Å². The van der Waals surface area contributed by atoms with Gasteiger partial charge in [-0.1, -0.05) is 0 Å². The number of ether oxygens (including phenoxy) is 1. The molecule has 0 aliphatic rings. The van der Waals surface area contributed by atoms with Crippen molar-refractivity contribution in [3.63, 3.8) is 0 Å². The molecular weight excluding hydrogens is 246 g/mol. The van der Waals surface area contributed by atoms with Gasteiger partial charge in [-0.3, -0.25) is 10.1 Å². The molecule has 1 N–H and O–H groups in total. The first-order valence-corrected chi connectivity index (χ1v) is 5.34. The summed E-state index contributed by atoms with van der Waals surface area (Å²) in [5, 5.41) is 13.4. The second kappa shape index (κ2) is 6.25. The number of nitrogens with zero attached hydrogens (tertiary/aromatic N) is 1. The quantitative estimate of drug-likeness (QED) is 0.631. The summed E-state index contributed by atoms with van der Waals surface area (Å²) in [6, 6.07) is 1.07. The Hall–Kier alpha value is -1.76. The molecule has 1 unspecified atom stereocenters. The Morgan fingerprint density at radius 3 is 2.72 bits per heavy atom. The average Bonchev–Trinajstić information content (AvgIpc) is 2.29. The maximum atomic E-state index is 13.5. The van der Waals surface area contributed by atoms with Gasteiger partial charge < -0.3 is 10.1 Å². The van der Waals surface area contributed by atoms with E-state index < -0.39 is 22.2 Å². The van der Waals surface area contributed by atoms with E-state index in [2.05, 4.69) is 5.32 Å². The van der Waals surface area contributed by atoms with Crippen LogP contribution in [0, 0.1) is 21.7 Å².